The lowest BCUT2D eigenvalue weighted by atomic mass is 9.94. The number of halogens is 2. The standard InChI is InChI=1S/C19H22Cl2N2O4S2/c1-13-10-14(2)12-23(11-13)29(26,27)16-8-6-15(7-9-16)22-28(24,25)18-5-3-4-17(20)19(18)21/h3-9,13-14,22H,10-12H2,1-2H3. The molecule has 1 fully saturated rings. The Labute approximate surface area is 181 Å². The van der Waals surface area contributed by atoms with Gasteiger partial charge in [0.05, 0.1) is 14.9 Å². The average molecular weight is 477 g/mol. The second-order valence-corrected chi connectivity index (χ2v) is 11.8. The van der Waals surface area contributed by atoms with Gasteiger partial charge in [0.2, 0.25) is 10.0 Å². The van der Waals surface area contributed by atoms with Crippen LogP contribution in [0.15, 0.2) is 52.3 Å². The number of hydrogen-bond donors (Lipinski definition) is 1. The number of nitrogens with one attached hydrogen (secondary N) is 1. The highest BCUT2D eigenvalue weighted by Crippen LogP contribution is 2.31. The summed E-state index contributed by atoms with van der Waals surface area (Å²) in [4.78, 5) is -0.0257. The third kappa shape index (κ3) is 4.88. The summed E-state index contributed by atoms with van der Waals surface area (Å²) in [5.74, 6) is 0.587. The molecule has 158 valence electrons. The Balaban J connectivity index is 1.82. The second-order valence-electron chi connectivity index (χ2n) is 7.45. The highest BCUT2D eigenvalue weighted by atomic mass is 35.5. The van der Waals surface area contributed by atoms with Crippen molar-refractivity contribution in [2.24, 2.45) is 11.8 Å². The molecule has 0 saturated carbocycles. The second kappa shape index (κ2) is 8.43. The van der Waals surface area contributed by atoms with E-state index in [4.69, 9.17) is 23.2 Å². The van der Waals surface area contributed by atoms with Gasteiger partial charge in [-0.2, -0.15) is 4.31 Å². The van der Waals surface area contributed by atoms with Crippen LogP contribution in [-0.4, -0.2) is 34.2 Å². The van der Waals surface area contributed by atoms with Crippen LogP contribution in [0.3, 0.4) is 0 Å². The van der Waals surface area contributed by atoms with E-state index in [-0.39, 0.29) is 25.5 Å². The van der Waals surface area contributed by atoms with Crippen molar-refractivity contribution >= 4 is 48.9 Å². The Morgan fingerprint density at radius 1 is 0.931 bits per heavy atom. The maximum atomic E-state index is 12.9. The van der Waals surface area contributed by atoms with Gasteiger partial charge in [-0.3, -0.25) is 4.72 Å². The maximum absolute atomic E-state index is 12.9. The molecule has 1 N–H and O–H groups in total. The predicted molar refractivity (Wildman–Crippen MR) is 115 cm³/mol. The Hall–Kier alpha value is -1.32. The summed E-state index contributed by atoms with van der Waals surface area (Å²) in [5, 5.41) is 0.0511. The Kier molecular flexibility index (Phi) is 6.50. The summed E-state index contributed by atoms with van der Waals surface area (Å²) in [6, 6.07) is 9.95. The zero-order chi connectivity index (χ0) is 21.4. The molecule has 1 aliphatic heterocycles. The summed E-state index contributed by atoms with van der Waals surface area (Å²) >= 11 is 11.9. The molecule has 0 aliphatic carbocycles. The number of nitrogens with zero attached hydrogens (tertiary/aromatic N) is 1. The summed E-state index contributed by atoms with van der Waals surface area (Å²) in [6.45, 7) is 5.04. The van der Waals surface area contributed by atoms with E-state index in [1.165, 1.54) is 46.8 Å². The Bertz CT molecular complexity index is 1090. The van der Waals surface area contributed by atoms with Crippen molar-refractivity contribution in [1.82, 2.24) is 4.31 Å². The lowest BCUT2D eigenvalue weighted by Crippen LogP contribution is -2.42. The summed E-state index contributed by atoms with van der Waals surface area (Å²) in [7, 11) is -7.61. The quantitative estimate of drug-likeness (QED) is 0.689. The van der Waals surface area contributed by atoms with Gasteiger partial charge in [-0.05, 0) is 54.7 Å². The highest BCUT2D eigenvalue weighted by molar-refractivity contribution is 7.92. The topological polar surface area (TPSA) is 83.6 Å². The first-order valence-corrected chi connectivity index (χ1v) is 12.8. The first-order valence-electron chi connectivity index (χ1n) is 9.08. The smallest absolute Gasteiger partial charge is 0.263 e. The first-order chi connectivity index (χ1) is 13.5. The molecule has 0 aromatic heterocycles. The van der Waals surface area contributed by atoms with Crippen LogP contribution >= 0.6 is 23.2 Å². The number of rotatable bonds is 5. The van der Waals surface area contributed by atoms with E-state index >= 15 is 0 Å². The van der Waals surface area contributed by atoms with E-state index in [1.54, 1.807) is 0 Å². The molecule has 2 aromatic carbocycles. The van der Waals surface area contributed by atoms with Gasteiger partial charge in [-0.15, -0.1) is 0 Å². The van der Waals surface area contributed by atoms with E-state index in [0.29, 0.717) is 24.9 Å². The first kappa shape index (κ1) is 22.4. The van der Waals surface area contributed by atoms with Gasteiger partial charge in [0.15, 0.2) is 0 Å². The minimum Gasteiger partial charge on any atom is -0.280 e. The summed E-state index contributed by atoms with van der Waals surface area (Å²) in [6.07, 6.45) is 0.999. The molecule has 0 spiro atoms. The normalized spacial score (nSPS) is 21.1. The van der Waals surface area contributed by atoms with E-state index < -0.39 is 20.0 Å². The van der Waals surface area contributed by atoms with E-state index in [2.05, 4.69) is 4.72 Å². The van der Waals surface area contributed by atoms with Crippen LogP contribution in [0.25, 0.3) is 0 Å². The largest absolute Gasteiger partial charge is 0.280 e. The van der Waals surface area contributed by atoms with Gasteiger partial charge in [-0.25, -0.2) is 16.8 Å². The third-order valence-electron chi connectivity index (χ3n) is 4.79. The number of hydrogen-bond acceptors (Lipinski definition) is 4. The Morgan fingerprint density at radius 3 is 2.10 bits per heavy atom. The Morgan fingerprint density at radius 2 is 1.52 bits per heavy atom. The molecule has 0 radical (unpaired) electrons. The number of benzene rings is 2. The van der Waals surface area contributed by atoms with Gasteiger partial charge in [0, 0.05) is 18.8 Å². The van der Waals surface area contributed by atoms with Crippen LogP contribution in [0.2, 0.25) is 10.0 Å². The van der Waals surface area contributed by atoms with Gasteiger partial charge in [0.1, 0.15) is 4.90 Å². The monoisotopic (exact) mass is 476 g/mol. The van der Waals surface area contributed by atoms with Crippen molar-refractivity contribution in [2.45, 2.75) is 30.1 Å². The minimum absolute atomic E-state index is 0.0748. The fraction of sp³-hybridized carbons (Fsp3) is 0.368. The number of sulfonamides is 2. The molecule has 1 aliphatic rings. The third-order valence-corrected chi connectivity index (χ3v) is 8.99. The zero-order valence-electron chi connectivity index (χ0n) is 16.0. The van der Waals surface area contributed by atoms with Crippen LogP contribution in [0, 0.1) is 11.8 Å². The fourth-order valence-electron chi connectivity index (χ4n) is 3.55. The molecule has 0 amide bonds. The maximum Gasteiger partial charge on any atom is 0.263 e. The molecule has 10 heteroatoms. The minimum atomic E-state index is -3.98. The molecule has 2 unspecified atom stereocenters. The molecule has 1 heterocycles. The van der Waals surface area contributed by atoms with Crippen molar-refractivity contribution in [3.63, 3.8) is 0 Å². The average Bonchev–Trinajstić information content (AvgIpc) is 2.63. The summed E-state index contributed by atoms with van der Waals surface area (Å²) in [5.41, 5.74) is 0.223. The van der Waals surface area contributed by atoms with Crippen molar-refractivity contribution < 1.29 is 16.8 Å². The number of anilines is 1. The molecule has 2 aromatic rings. The molecule has 3 rings (SSSR count). The molecule has 2 atom stereocenters. The fourth-order valence-corrected chi connectivity index (χ4v) is 7.05. The number of piperidine rings is 1. The van der Waals surface area contributed by atoms with Crippen molar-refractivity contribution in [3.8, 4) is 0 Å². The predicted octanol–water partition coefficient (Wildman–Crippen LogP) is 4.46. The van der Waals surface area contributed by atoms with Gasteiger partial charge >= 0.3 is 0 Å². The lowest BCUT2D eigenvalue weighted by molar-refractivity contribution is 0.222. The molecule has 6 nitrogen and oxygen atoms in total. The van der Waals surface area contributed by atoms with Crippen LogP contribution in [0.5, 0.6) is 0 Å². The molecule has 29 heavy (non-hydrogen) atoms. The molecule has 1 saturated heterocycles. The van der Waals surface area contributed by atoms with Gasteiger partial charge < -0.3 is 0 Å². The van der Waals surface area contributed by atoms with Crippen LogP contribution < -0.4 is 4.72 Å². The van der Waals surface area contributed by atoms with Crippen LogP contribution in [0.4, 0.5) is 5.69 Å². The summed E-state index contributed by atoms with van der Waals surface area (Å²) < 4.78 is 55.0. The van der Waals surface area contributed by atoms with E-state index in [9.17, 15) is 16.8 Å². The zero-order valence-corrected chi connectivity index (χ0v) is 19.1. The van der Waals surface area contributed by atoms with Crippen molar-refractivity contribution in [3.05, 3.63) is 52.5 Å². The van der Waals surface area contributed by atoms with Crippen LogP contribution in [-0.2, 0) is 20.0 Å². The van der Waals surface area contributed by atoms with Crippen LogP contribution in [0.1, 0.15) is 20.3 Å². The molecular formula is C19H22Cl2N2O4S2. The SMILES string of the molecule is CC1CC(C)CN(S(=O)(=O)c2ccc(NS(=O)(=O)c3cccc(Cl)c3Cl)cc2)C1. The van der Waals surface area contributed by atoms with Gasteiger partial charge in [0.25, 0.3) is 10.0 Å². The highest BCUT2D eigenvalue weighted by Gasteiger charge is 2.31. The van der Waals surface area contributed by atoms with Gasteiger partial charge in [-0.1, -0.05) is 43.1 Å². The van der Waals surface area contributed by atoms with Crippen molar-refractivity contribution in [2.75, 3.05) is 17.8 Å². The van der Waals surface area contributed by atoms with E-state index in [0.717, 1.165) is 6.42 Å². The molecular weight excluding hydrogens is 455 g/mol. The molecule has 0 bridgehead atoms. The lowest BCUT2D eigenvalue weighted by Gasteiger charge is -2.34. The van der Waals surface area contributed by atoms with Crippen molar-refractivity contribution in [1.29, 1.82) is 0 Å². The van der Waals surface area contributed by atoms with E-state index in [1.807, 2.05) is 13.8 Å².